The molecule has 0 saturated heterocycles. The molecule has 0 aliphatic carbocycles. The zero-order valence-electron chi connectivity index (χ0n) is 15.6. The van der Waals surface area contributed by atoms with Gasteiger partial charge >= 0.3 is 6.18 Å². The lowest BCUT2D eigenvalue weighted by Crippen LogP contribution is -2.16. The Kier molecular flexibility index (Phi) is 4.87. The molecule has 0 spiro atoms. The number of nitrogens with two attached hydrogens (primary N) is 1. The third kappa shape index (κ3) is 3.88. The van der Waals surface area contributed by atoms with Crippen LogP contribution in [0.15, 0.2) is 54.9 Å². The number of anilines is 1. The van der Waals surface area contributed by atoms with Gasteiger partial charge in [0, 0.05) is 5.39 Å². The number of ether oxygens (including phenoxy) is 1. The number of imidazole rings is 1. The highest BCUT2D eigenvalue weighted by molar-refractivity contribution is 6.06. The molecule has 2 heterocycles. The van der Waals surface area contributed by atoms with Gasteiger partial charge in [0.2, 0.25) is 0 Å². The van der Waals surface area contributed by atoms with Crippen molar-refractivity contribution in [2.24, 2.45) is 0 Å². The number of fused-ring (bicyclic) bond motifs is 3. The van der Waals surface area contributed by atoms with Crippen molar-refractivity contribution >= 4 is 27.8 Å². The quantitative estimate of drug-likeness (QED) is 0.523. The van der Waals surface area contributed by atoms with E-state index in [0.717, 1.165) is 28.6 Å². The van der Waals surface area contributed by atoms with E-state index in [9.17, 15) is 13.2 Å². The predicted molar refractivity (Wildman–Crippen MR) is 105 cm³/mol. The number of hydrogen-bond acceptors (Lipinski definition) is 4. The molecule has 2 aromatic heterocycles. The van der Waals surface area contributed by atoms with Crippen molar-refractivity contribution in [3.63, 3.8) is 0 Å². The molecule has 4 aromatic rings. The van der Waals surface area contributed by atoms with Gasteiger partial charge in [0.05, 0.1) is 42.2 Å². The van der Waals surface area contributed by atoms with E-state index < -0.39 is 11.7 Å². The van der Waals surface area contributed by atoms with Crippen molar-refractivity contribution in [2.45, 2.75) is 32.4 Å². The monoisotopic (exact) mass is 400 g/mol. The SMILES string of the molecule is CC(Cn1cnc2c(N)nc3ccccc3c21)OCc1ccc(C(F)(F)F)cc1. The van der Waals surface area contributed by atoms with E-state index in [1.807, 2.05) is 35.8 Å². The van der Waals surface area contributed by atoms with Gasteiger partial charge in [0.25, 0.3) is 0 Å². The summed E-state index contributed by atoms with van der Waals surface area (Å²) in [5.41, 5.74) is 8.37. The van der Waals surface area contributed by atoms with Crippen LogP contribution in [0.2, 0.25) is 0 Å². The number of nitrogens with zero attached hydrogens (tertiary/aromatic N) is 3. The van der Waals surface area contributed by atoms with Gasteiger partial charge in [-0.15, -0.1) is 0 Å². The zero-order chi connectivity index (χ0) is 20.6. The summed E-state index contributed by atoms with van der Waals surface area (Å²) < 4.78 is 45.8. The van der Waals surface area contributed by atoms with Gasteiger partial charge in [-0.05, 0) is 30.7 Å². The third-order valence-corrected chi connectivity index (χ3v) is 4.75. The van der Waals surface area contributed by atoms with Gasteiger partial charge < -0.3 is 15.0 Å². The van der Waals surface area contributed by atoms with Gasteiger partial charge in [-0.2, -0.15) is 13.2 Å². The van der Waals surface area contributed by atoms with Crippen molar-refractivity contribution in [3.05, 3.63) is 66.0 Å². The average Bonchev–Trinajstić information content (AvgIpc) is 3.11. The Morgan fingerprint density at radius 3 is 2.55 bits per heavy atom. The molecule has 29 heavy (non-hydrogen) atoms. The van der Waals surface area contributed by atoms with Crippen LogP contribution in [0.3, 0.4) is 0 Å². The molecular formula is C21H19F3N4O. The van der Waals surface area contributed by atoms with Crippen LogP contribution in [0.25, 0.3) is 21.9 Å². The lowest BCUT2D eigenvalue weighted by molar-refractivity contribution is -0.137. The summed E-state index contributed by atoms with van der Waals surface area (Å²) in [5.74, 6) is 0.371. The molecule has 0 radical (unpaired) electrons. The van der Waals surface area contributed by atoms with E-state index >= 15 is 0 Å². The van der Waals surface area contributed by atoms with Crippen LogP contribution in [0.1, 0.15) is 18.1 Å². The molecule has 5 nitrogen and oxygen atoms in total. The van der Waals surface area contributed by atoms with Gasteiger partial charge in [-0.3, -0.25) is 0 Å². The Balaban J connectivity index is 1.50. The molecule has 0 saturated carbocycles. The standard InChI is InChI=1S/C21H19F3N4O/c1-13(29-11-14-6-8-15(9-7-14)21(22,23)24)10-28-12-26-18-19(28)16-4-2-3-5-17(16)27-20(18)25/h2-9,12-13H,10-11H2,1H3,(H2,25,27). The second-order valence-electron chi connectivity index (χ2n) is 6.92. The first-order valence-corrected chi connectivity index (χ1v) is 9.09. The van der Waals surface area contributed by atoms with E-state index in [-0.39, 0.29) is 12.7 Å². The molecule has 0 bridgehead atoms. The second kappa shape index (κ2) is 7.36. The number of alkyl halides is 3. The topological polar surface area (TPSA) is 66.0 Å². The fraction of sp³-hybridized carbons (Fsp3) is 0.238. The Bertz CT molecular complexity index is 1150. The van der Waals surface area contributed by atoms with Crippen LogP contribution >= 0.6 is 0 Å². The number of benzene rings is 2. The highest BCUT2D eigenvalue weighted by Crippen LogP contribution is 2.29. The fourth-order valence-electron chi connectivity index (χ4n) is 3.30. The van der Waals surface area contributed by atoms with Gasteiger partial charge in [-0.25, -0.2) is 9.97 Å². The Morgan fingerprint density at radius 1 is 1.10 bits per heavy atom. The van der Waals surface area contributed by atoms with Crippen molar-refractivity contribution in [1.82, 2.24) is 14.5 Å². The molecule has 150 valence electrons. The third-order valence-electron chi connectivity index (χ3n) is 4.75. The van der Waals surface area contributed by atoms with E-state index in [1.54, 1.807) is 6.33 Å². The number of hydrogen-bond donors (Lipinski definition) is 1. The first-order chi connectivity index (χ1) is 13.8. The van der Waals surface area contributed by atoms with Crippen molar-refractivity contribution in [3.8, 4) is 0 Å². The number of nitrogen functional groups attached to an aromatic ring is 1. The first kappa shape index (κ1) is 19.2. The molecule has 0 aliphatic heterocycles. The summed E-state index contributed by atoms with van der Waals surface area (Å²) in [6.45, 7) is 2.64. The van der Waals surface area contributed by atoms with Crippen molar-refractivity contribution in [2.75, 3.05) is 5.73 Å². The van der Waals surface area contributed by atoms with Gasteiger partial charge in [-0.1, -0.05) is 30.3 Å². The molecule has 0 fully saturated rings. The minimum atomic E-state index is -4.34. The van der Waals surface area contributed by atoms with E-state index in [0.29, 0.717) is 23.4 Å². The van der Waals surface area contributed by atoms with E-state index in [1.165, 1.54) is 12.1 Å². The predicted octanol–water partition coefficient (Wildman–Crippen LogP) is 4.79. The number of pyridine rings is 1. The summed E-state index contributed by atoms with van der Waals surface area (Å²) >= 11 is 0. The largest absolute Gasteiger partial charge is 0.416 e. The molecule has 4 rings (SSSR count). The molecule has 2 N–H and O–H groups in total. The van der Waals surface area contributed by atoms with Gasteiger partial charge in [0.15, 0.2) is 5.82 Å². The van der Waals surface area contributed by atoms with Crippen LogP contribution in [-0.2, 0) is 24.1 Å². The van der Waals surface area contributed by atoms with Crippen molar-refractivity contribution in [1.29, 1.82) is 0 Å². The smallest absolute Gasteiger partial charge is 0.382 e. The van der Waals surface area contributed by atoms with Crippen LogP contribution < -0.4 is 5.73 Å². The molecule has 1 unspecified atom stereocenters. The maximum absolute atomic E-state index is 12.7. The summed E-state index contributed by atoms with van der Waals surface area (Å²) in [7, 11) is 0. The summed E-state index contributed by atoms with van der Waals surface area (Å²) in [6.07, 6.45) is -2.83. The van der Waals surface area contributed by atoms with Crippen LogP contribution in [0, 0.1) is 0 Å². The average molecular weight is 400 g/mol. The highest BCUT2D eigenvalue weighted by atomic mass is 19.4. The summed E-state index contributed by atoms with van der Waals surface area (Å²) in [5, 5.41) is 0.948. The Morgan fingerprint density at radius 2 is 1.83 bits per heavy atom. The minimum absolute atomic E-state index is 0.192. The summed E-state index contributed by atoms with van der Waals surface area (Å²) in [6, 6.07) is 12.7. The maximum Gasteiger partial charge on any atom is 0.416 e. The lowest BCUT2D eigenvalue weighted by Gasteiger charge is -2.15. The van der Waals surface area contributed by atoms with E-state index in [4.69, 9.17) is 10.5 Å². The van der Waals surface area contributed by atoms with Crippen LogP contribution in [0.5, 0.6) is 0 Å². The molecule has 0 aliphatic rings. The van der Waals surface area contributed by atoms with E-state index in [2.05, 4.69) is 9.97 Å². The zero-order valence-corrected chi connectivity index (χ0v) is 15.6. The number of halogens is 3. The number of rotatable bonds is 5. The Hall–Kier alpha value is -3.13. The van der Waals surface area contributed by atoms with Crippen LogP contribution in [0.4, 0.5) is 19.0 Å². The normalized spacial score (nSPS) is 13.2. The first-order valence-electron chi connectivity index (χ1n) is 9.09. The highest BCUT2D eigenvalue weighted by Gasteiger charge is 2.29. The number of para-hydroxylation sites is 1. The van der Waals surface area contributed by atoms with Crippen molar-refractivity contribution < 1.29 is 17.9 Å². The number of aromatic nitrogens is 3. The summed E-state index contributed by atoms with van der Waals surface area (Å²) in [4.78, 5) is 8.77. The Labute approximate surface area is 164 Å². The van der Waals surface area contributed by atoms with Gasteiger partial charge in [0.1, 0.15) is 5.52 Å². The maximum atomic E-state index is 12.7. The second-order valence-corrected chi connectivity index (χ2v) is 6.92. The molecule has 8 heteroatoms. The molecule has 1 atom stereocenters. The molecule has 0 amide bonds. The molecular weight excluding hydrogens is 381 g/mol. The molecule has 2 aromatic carbocycles. The van der Waals surface area contributed by atoms with Crippen LogP contribution in [-0.4, -0.2) is 20.6 Å². The lowest BCUT2D eigenvalue weighted by atomic mass is 10.1. The minimum Gasteiger partial charge on any atom is -0.382 e. The fourth-order valence-corrected chi connectivity index (χ4v) is 3.30.